The van der Waals surface area contributed by atoms with E-state index in [-0.39, 0.29) is 24.4 Å². The molecular formula is C15H12Cl2N4O3. The molecule has 0 spiro atoms. The highest BCUT2D eigenvalue weighted by atomic mass is 35.5. The number of aryl methyl sites for hydroxylation is 2. The van der Waals surface area contributed by atoms with Gasteiger partial charge in [-0.1, -0.05) is 28.4 Å². The summed E-state index contributed by atoms with van der Waals surface area (Å²) >= 11 is 12.0. The van der Waals surface area contributed by atoms with E-state index in [0.717, 1.165) is 0 Å². The molecule has 0 aliphatic heterocycles. The number of aromatic nitrogens is 3. The van der Waals surface area contributed by atoms with Crippen LogP contribution < -0.4 is 10.9 Å². The Hall–Kier alpha value is -2.38. The SMILES string of the molecule is Cc1cc(NC(=O)CCn2cnc3c(Cl)cc(Cl)cc3c2=O)no1. The van der Waals surface area contributed by atoms with Gasteiger partial charge in [0.05, 0.1) is 22.3 Å². The van der Waals surface area contributed by atoms with Gasteiger partial charge < -0.3 is 9.84 Å². The summed E-state index contributed by atoms with van der Waals surface area (Å²) in [5, 5.41) is 7.22. The van der Waals surface area contributed by atoms with E-state index in [4.69, 9.17) is 27.7 Å². The standard InChI is InChI=1S/C15H12Cl2N4O3/c1-8-4-12(20-24-8)19-13(22)2-3-21-7-18-14-10(15(21)23)5-9(16)6-11(14)17/h4-7H,2-3H2,1H3,(H,19,20,22). The summed E-state index contributed by atoms with van der Waals surface area (Å²) < 4.78 is 6.20. The maximum Gasteiger partial charge on any atom is 0.261 e. The molecule has 2 aromatic heterocycles. The van der Waals surface area contributed by atoms with Crippen LogP contribution in [0.2, 0.25) is 10.0 Å². The summed E-state index contributed by atoms with van der Waals surface area (Å²) in [7, 11) is 0. The topological polar surface area (TPSA) is 90.0 Å². The van der Waals surface area contributed by atoms with Crippen molar-refractivity contribution in [1.82, 2.24) is 14.7 Å². The Morgan fingerprint density at radius 2 is 2.12 bits per heavy atom. The lowest BCUT2D eigenvalue weighted by Gasteiger charge is -2.07. The maximum absolute atomic E-state index is 12.5. The van der Waals surface area contributed by atoms with Crippen molar-refractivity contribution in [2.45, 2.75) is 19.9 Å². The van der Waals surface area contributed by atoms with E-state index in [2.05, 4.69) is 15.5 Å². The van der Waals surface area contributed by atoms with Crippen molar-refractivity contribution in [3.63, 3.8) is 0 Å². The first-order valence-corrected chi connectivity index (χ1v) is 7.77. The molecule has 7 nitrogen and oxygen atoms in total. The van der Waals surface area contributed by atoms with E-state index >= 15 is 0 Å². The summed E-state index contributed by atoms with van der Waals surface area (Å²) in [6, 6.07) is 4.63. The highest BCUT2D eigenvalue weighted by Crippen LogP contribution is 2.23. The Bertz CT molecular complexity index is 980. The van der Waals surface area contributed by atoms with Gasteiger partial charge in [-0.05, 0) is 19.1 Å². The third-order valence-electron chi connectivity index (χ3n) is 3.32. The zero-order valence-electron chi connectivity index (χ0n) is 12.5. The molecule has 124 valence electrons. The van der Waals surface area contributed by atoms with Crippen molar-refractivity contribution in [3.05, 3.63) is 50.7 Å². The number of nitrogens with one attached hydrogen (secondary N) is 1. The summed E-state index contributed by atoms with van der Waals surface area (Å²) in [6.07, 6.45) is 1.44. The average Bonchev–Trinajstić information content (AvgIpc) is 2.92. The van der Waals surface area contributed by atoms with Gasteiger partial charge >= 0.3 is 0 Å². The lowest BCUT2D eigenvalue weighted by atomic mass is 10.2. The van der Waals surface area contributed by atoms with Gasteiger partial charge in [-0.2, -0.15) is 0 Å². The number of nitrogens with zero attached hydrogens (tertiary/aromatic N) is 3. The highest BCUT2D eigenvalue weighted by molar-refractivity contribution is 6.38. The fraction of sp³-hybridized carbons (Fsp3) is 0.200. The summed E-state index contributed by atoms with van der Waals surface area (Å²) in [5.41, 5.74) is 0.0688. The molecule has 0 saturated carbocycles. The predicted molar refractivity (Wildman–Crippen MR) is 90.5 cm³/mol. The van der Waals surface area contributed by atoms with Gasteiger partial charge in [0.25, 0.3) is 5.56 Å². The summed E-state index contributed by atoms with van der Waals surface area (Å²) in [6.45, 7) is 1.88. The van der Waals surface area contributed by atoms with Gasteiger partial charge in [-0.25, -0.2) is 4.98 Å². The fourth-order valence-electron chi connectivity index (χ4n) is 2.21. The molecule has 3 aromatic rings. The lowest BCUT2D eigenvalue weighted by Crippen LogP contribution is -2.23. The van der Waals surface area contributed by atoms with Crippen LogP contribution in [-0.4, -0.2) is 20.6 Å². The lowest BCUT2D eigenvalue weighted by molar-refractivity contribution is -0.116. The molecule has 0 atom stereocenters. The van der Waals surface area contributed by atoms with Crippen LogP contribution in [0.1, 0.15) is 12.2 Å². The van der Waals surface area contributed by atoms with Crippen LogP contribution in [0.25, 0.3) is 10.9 Å². The number of hydrogen-bond acceptors (Lipinski definition) is 5. The number of carbonyl (C=O) groups excluding carboxylic acids is 1. The third-order valence-corrected chi connectivity index (χ3v) is 3.83. The molecule has 1 N–H and O–H groups in total. The van der Waals surface area contributed by atoms with E-state index in [1.807, 2.05) is 0 Å². The van der Waals surface area contributed by atoms with Crippen molar-refractivity contribution < 1.29 is 9.32 Å². The average molecular weight is 367 g/mol. The second kappa shape index (κ2) is 6.62. The molecule has 0 bridgehead atoms. The molecule has 0 unspecified atom stereocenters. The quantitative estimate of drug-likeness (QED) is 0.766. The number of rotatable bonds is 4. The van der Waals surface area contributed by atoms with Gasteiger partial charge in [0.1, 0.15) is 5.76 Å². The number of benzene rings is 1. The number of anilines is 1. The molecule has 24 heavy (non-hydrogen) atoms. The zero-order chi connectivity index (χ0) is 17.3. The smallest absolute Gasteiger partial charge is 0.261 e. The Morgan fingerprint density at radius 3 is 2.83 bits per heavy atom. The number of amides is 1. The predicted octanol–water partition coefficient (Wildman–Crippen LogP) is 3.03. The van der Waals surface area contributed by atoms with E-state index in [1.165, 1.54) is 23.0 Å². The second-order valence-electron chi connectivity index (χ2n) is 5.15. The summed E-state index contributed by atoms with van der Waals surface area (Å²) in [4.78, 5) is 28.5. The molecular weight excluding hydrogens is 355 g/mol. The Balaban J connectivity index is 1.77. The molecule has 0 fully saturated rings. The molecule has 0 aliphatic rings. The Kier molecular flexibility index (Phi) is 4.55. The first-order valence-electron chi connectivity index (χ1n) is 7.01. The van der Waals surface area contributed by atoms with Crippen LogP contribution in [0.15, 0.2) is 33.8 Å². The molecule has 0 aliphatic carbocycles. The van der Waals surface area contributed by atoms with E-state index in [1.54, 1.807) is 13.0 Å². The van der Waals surface area contributed by atoms with Gasteiger partial charge in [0.15, 0.2) is 5.82 Å². The molecule has 3 rings (SSSR count). The van der Waals surface area contributed by atoms with Crippen LogP contribution in [0.5, 0.6) is 0 Å². The van der Waals surface area contributed by atoms with Crippen LogP contribution in [-0.2, 0) is 11.3 Å². The number of halogens is 2. The first kappa shape index (κ1) is 16.5. The summed E-state index contributed by atoms with van der Waals surface area (Å²) in [5.74, 6) is 0.633. The van der Waals surface area contributed by atoms with Crippen molar-refractivity contribution >= 4 is 45.8 Å². The zero-order valence-corrected chi connectivity index (χ0v) is 14.1. The van der Waals surface area contributed by atoms with Gasteiger partial charge in [-0.15, -0.1) is 0 Å². The Labute approximate surface area is 146 Å². The van der Waals surface area contributed by atoms with Gasteiger partial charge in [0, 0.05) is 24.1 Å². The van der Waals surface area contributed by atoms with Crippen molar-refractivity contribution in [2.75, 3.05) is 5.32 Å². The number of fused-ring (bicyclic) bond motifs is 1. The van der Waals surface area contributed by atoms with Crippen LogP contribution >= 0.6 is 23.2 Å². The highest BCUT2D eigenvalue weighted by Gasteiger charge is 2.11. The fourth-order valence-corrected chi connectivity index (χ4v) is 2.75. The second-order valence-corrected chi connectivity index (χ2v) is 5.99. The van der Waals surface area contributed by atoms with Crippen LogP contribution in [0.3, 0.4) is 0 Å². The van der Waals surface area contributed by atoms with Crippen molar-refractivity contribution in [3.8, 4) is 0 Å². The molecule has 0 radical (unpaired) electrons. The molecule has 1 amide bonds. The van der Waals surface area contributed by atoms with E-state index < -0.39 is 0 Å². The number of carbonyl (C=O) groups is 1. The minimum atomic E-state index is -0.311. The first-order chi connectivity index (χ1) is 11.4. The van der Waals surface area contributed by atoms with E-state index in [0.29, 0.717) is 32.5 Å². The Morgan fingerprint density at radius 1 is 1.33 bits per heavy atom. The van der Waals surface area contributed by atoms with Crippen LogP contribution in [0, 0.1) is 6.92 Å². The molecule has 0 saturated heterocycles. The monoisotopic (exact) mass is 366 g/mol. The number of hydrogen-bond donors (Lipinski definition) is 1. The van der Waals surface area contributed by atoms with Gasteiger partial charge in [-0.3, -0.25) is 14.2 Å². The minimum Gasteiger partial charge on any atom is -0.360 e. The van der Waals surface area contributed by atoms with Crippen molar-refractivity contribution in [2.24, 2.45) is 0 Å². The van der Waals surface area contributed by atoms with Crippen LogP contribution in [0.4, 0.5) is 5.82 Å². The normalized spacial score (nSPS) is 11.0. The largest absolute Gasteiger partial charge is 0.360 e. The minimum absolute atomic E-state index is 0.0767. The van der Waals surface area contributed by atoms with Gasteiger partial charge in [0.2, 0.25) is 5.91 Å². The maximum atomic E-state index is 12.5. The van der Waals surface area contributed by atoms with Crippen molar-refractivity contribution in [1.29, 1.82) is 0 Å². The molecule has 9 heteroatoms. The van der Waals surface area contributed by atoms with E-state index in [9.17, 15) is 9.59 Å². The molecule has 2 heterocycles. The molecule has 1 aromatic carbocycles. The third kappa shape index (κ3) is 3.42.